The molecule has 90 valence electrons. The molecule has 1 N–H and O–H groups in total. The highest BCUT2D eigenvalue weighted by Crippen LogP contribution is 2.24. The van der Waals surface area contributed by atoms with Gasteiger partial charge in [-0.3, -0.25) is 0 Å². The first-order valence-corrected chi connectivity index (χ1v) is 5.45. The summed E-state index contributed by atoms with van der Waals surface area (Å²) in [6.07, 6.45) is 1.05. The normalized spacial score (nSPS) is 19.3. The molecule has 0 saturated carbocycles. The van der Waals surface area contributed by atoms with Gasteiger partial charge in [0.05, 0.1) is 5.69 Å². The van der Waals surface area contributed by atoms with Crippen LogP contribution in [-0.2, 0) is 0 Å². The van der Waals surface area contributed by atoms with Crippen LogP contribution in [0.3, 0.4) is 0 Å². The van der Waals surface area contributed by atoms with Crippen molar-refractivity contribution in [3.8, 4) is 0 Å². The van der Waals surface area contributed by atoms with E-state index in [9.17, 15) is 4.39 Å². The molecule has 1 aliphatic rings. The molecular formula is C11H15Cl2FN2. The molecule has 0 spiro atoms. The van der Waals surface area contributed by atoms with Crippen LogP contribution in [0.1, 0.15) is 6.42 Å². The van der Waals surface area contributed by atoms with E-state index in [0.717, 1.165) is 19.5 Å². The number of halogens is 3. The predicted molar refractivity (Wildman–Crippen MR) is 68.3 cm³/mol. The Morgan fingerprint density at radius 2 is 2.25 bits per heavy atom. The van der Waals surface area contributed by atoms with Crippen molar-refractivity contribution in [2.24, 2.45) is 0 Å². The van der Waals surface area contributed by atoms with Gasteiger partial charge in [-0.2, -0.15) is 0 Å². The van der Waals surface area contributed by atoms with Crippen molar-refractivity contribution >= 4 is 29.7 Å². The number of hydrogen-bond donors (Lipinski definition) is 1. The molecule has 0 amide bonds. The number of likely N-dealkylation sites (N-methyl/N-ethyl adjacent to an activating group) is 1. The highest BCUT2D eigenvalue weighted by Gasteiger charge is 2.21. The van der Waals surface area contributed by atoms with Gasteiger partial charge >= 0.3 is 0 Å². The van der Waals surface area contributed by atoms with E-state index >= 15 is 0 Å². The molecule has 1 atom stereocenters. The molecule has 1 unspecified atom stereocenters. The second kappa shape index (κ2) is 5.71. The summed E-state index contributed by atoms with van der Waals surface area (Å²) < 4.78 is 13.6. The summed E-state index contributed by atoms with van der Waals surface area (Å²) in [6.45, 7) is 1.92. The lowest BCUT2D eigenvalue weighted by atomic mass is 10.2. The van der Waals surface area contributed by atoms with Gasteiger partial charge < -0.3 is 10.2 Å². The summed E-state index contributed by atoms with van der Waals surface area (Å²) in [5.74, 6) is -0.253. The minimum atomic E-state index is -0.253. The van der Waals surface area contributed by atoms with Crippen molar-refractivity contribution in [3.05, 3.63) is 29.0 Å². The third-order valence-corrected chi connectivity index (χ3v) is 3.11. The Bertz CT molecular complexity index is 354. The van der Waals surface area contributed by atoms with Crippen LogP contribution in [-0.4, -0.2) is 26.2 Å². The Labute approximate surface area is 106 Å². The van der Waals surface area contributed by atoms with Gasteiger partial charge in [0.25, 0.3) is 0 Å². The van der Waals surface area contributed by atoms with E-state index in [2.05, 4.69) is 5.32 Å². The number of nitrogens with one attached hydrogen (secondary N) is 1. The summed E-state index contributed by atoms with van der Waals surface area (Å²) >= 11 is 5.71. The number of rotatable bonds is 2. The first kappa shape index (κ1) is 13.6. The predicted octanol–water partition coefficient (Wildman–Crippen LogP) is 2.70. The van der Waals surface area contributed by atoms with Gasteiger partial charge in [-0.05, 0) is 31.2 Å². The lowest BCUT2D eigenvalue weighted by molar-refractivity contribution is 0.604. The van der Waals surface area contributed by atoms with E-state index in [0.29, 0.717) is 16.8 Å². The van der Waals surface area contributed by atoms with Crippen LogP contribution in [0.15, 0.2) is 18.2 Å². The molecule has 2 rings (SSSR count). The molecule has 0 radical (unpaired) electrons. The zero-order chi connectivity index (χ0) is 10.8. The van der Waals surface area contributed by atoms with Crippen LogP contribution in [0.5, 0.6) is 0 Å². The zero-order valence-corrected chi connectivity index (χ0v) is 10.6. The summed E-state index contributed by atoms with van der Waals surface area (Å²) in [4.78, 5) is 1.98. The van der Waals surface area contributed by atoms with Crippen LogP contribution < -0.4 is 10.2 Å². The van der Waals surface area contributed by atoms with E-state index in [-0.39, 0.29) is 18.2 Å². The first-order chi connectivity index (χ1) is 7.18. The van der Waals surface area contributed by atoms with Crippen LogP contribution in [0.2, 0.25) is 5.02 Å². The Balaban J connectivity index is 0.00000128. The van der Waals surface area contributed by atoms with Crippen LogP contribution in [0, 0.1) is 5.82 Å². The topological polar surface area (TPSA) is 15.3 Å². The smallest absolute Gasteiger partial charge is 0.147 e. The second-order valence-electron chi connectivity index (χ2n) is 3.85. The Morgan fingerprint density at radius 3 is 2.81 bits per heavy atom. The van der Waals surface area contributed by atoms with Gasteiger partial charge in [-0.1, -0.05) is 11.6 Å². The Hall–Kier alpha value is -0.510. The number of benzene rings is 1. The molecular weight excluding hydrogens is 250 g/mol. The van der Waals surface area contributed by atoms with E-state index in [4.69, 9.17) is 11.6 Å². The van der Waals surface area contributed by atoms with Crippen LogP contribution in [0.25, 0.3) is 0 Å². The maximum Gasteiger partial charge on any atom is 0.147 e. The molecule has 0 aromatic heterocycles. The van der Waals surface area contributed by atoms with Crippen molar-refractivity contribution in [1.82, 2.24) is 5.32 Å². The minimum absolute atomic E-state index is 0. The fourth-order valence-corrected chi connectivity index (χ4v) is 2.09. The van der Waals surface area contributed by atoms with Crippen molar-refractivity contribution in [3.63, 3.8) is 0 Å². The minimum Gasteiger partial charge on any atom is -0.368 e. The van der Waals surface area contributed by atoms with Gasteiger partial charge in [-0.25, -0.2) is 4.39 Å². The van der Waals surface area contributed by atoms with Crippen LogP contribution in [0.4, 0.5) is 10.1 Å². The molecule has 1 saturated heterocycles. The average molecular weight is 265 g/mol. The fraction of sp³-hybridized carbons (Fsp3) is 0.455. The van der Waals surface area contributed by atoms with Crippen molar-refractivity contribution in [1.29, 1.82) is 0 Å². The van der Waals surface area contributed by atoms with Gasteiger partial charge in [0.1, 0.15) is 5.82 Å². The van der Waals surface area contributed by atoms with Gasteiger partial charge in [0.2, 0.25) is 0 Å². The number of anilines is 1. The fourth-order valence-electron chi connectivity index (χ4n) is 1.93. The Morgan fingerprint density at radius 1 is 1.50 bits per heavy atom. The quantitative estimate of drug-likeness (QED) is 0.884. The van der Waals surface area contributed by atoms with Gasteiger partial charge in [-0.15, -0.1) is 12.4 Å². The summed E-state index contributed by atoms with van der Waals surface area (Å²) in [7, 11) is 1.92. The molecule has 2 nitrogen and oxygen atoms in total. The Kier molecular flexibility index (Phi) is 4.84. The highest BCUT2D eigenvalue weighted by atomic mass is 35.5. The molecule has 1 aromatic carbocycles. The van der Waals surface area contributed by atoms with Gasteiger partial charge in [0, 0.05) is 24.7 Å². The summed E-state index contributed by atoms with van der Waals surface area (Å²) in [5.41, 5.74) is 0.619. The standard InChI is InChI=1S/C11H14ClFN2.ClH/c1-15(9-4-5-14-7-9)11-3-2-8(12)6-10(11)13;/h2-3,6,9,14H,4-5,7H2,1H3;1H. The molecule has 1 heterocycles. The van der Waals surface area contributed by atoms with Crippen LogP contribution >= 0.6 is 24.0 Å². The molecule has 1 aromatic rings. The van der Waals surface area contributed by atoms with Crippen molar-refractivity contribution < 1.29 is 4.39 Å². The molecule has 1 aliphatic heterocycles. The molecule has 0 aliphatic carbocycles. The summed E-state index contributed by atoms with van der Waals surface area (Å²) in [6, 6.07) is 5.19. The lowest BCUT2D eigenvalue weighted by Gasteiger charge is -2.26. The molecule has 16 heavy (non-hydrogen) atoms. The molecule has 5 heteroatoms. The van der Waals surface area contributed by atoms with E-state index in [1.165, 1.54) is 6.07 Å². The van der Waals surface area contributed by atoms with Crippen molar-refractivity contribution in [2.75, 3.05) is 25.0 Å². The third kappa shape index (κ3) is 2.78. The SMILES string of the molecule is CN(c1ccc(Cl)cc1F)C1CCNC1.Cl. The monoisotopic (exact) mass is 264 g/mol. The second-order valence-corrected chi connectivity index (χ2v) is 4.29. The van der Waals surface area contributed by atoms with E-state index in [1.54, 1.807) is 12.1 Å². The lowest BCUT2D eigenvalue weighted by Crippen LogP contribution is -2.33. The summed E-state index contributed by atoms with van der Waals surface area (Å²) in [5, 5.41) is 3.70. The van der Waals surface area contributed by atoms with E-state index < -0.39 is 0 Å². The molecule has 1 fully saturated rings. The molecule has 0 bridgehead atoms. The largest absolute Gasteiger partial charge is 0.368 e. The maximum atomic E-state index is 13.6. The zero-order valence-electron chi connectivity index (χ0n) is 9.04. The van der Waals surface area contributed by atoms with Gasteiger partial charge in [0.15, 0.2) is 0 Å². The van der Waals surface area contributed by atoms with E-state index in [1.807, 2.05) is 11.9 Å². The maximum absolute atomic E-state index is 13.6. The average Bonchev–Trinajstić information content (AvgIpc) is 2.69. The van der Waals surface area contributed by atoms with Crippen molar-refractivity contribution in [2.45, 2.75) is 12.5 Å². The third-order valence-electron chi connectivity index (χ3n) is 2.87. The first-order valence-electron chi connectivity index (χ1n) is 5.07. The number of hydrogen-bond acceptors (Lipinski definition) is 2. The number of nitrogens with zero attached hydrogens (tertiary/aromatic N) is 1. The highest BCUT2D eigenvalue weighted by molar-refractivity contribution is 6.30.